The average molecular weight is 382 g/mol. The fourth-order valence-electron chi connectivity index (χ4n) is 2.32. The normalized spacial score (nSPS) is 14.4. The van der Waals surface area contributed by atoms with E-state index in [9.17, 15) is 14.7 Å². The number of amides is 1. The van der Waals surface area contributed by atoms with Gasteiger partial charge in [0.1, 0.15) is 6.61 Å². The fourth-order valence-corrected chi connectivity index (χ4v) is 3.73. The van der Waals surface area contributed by atoms with Gasteiger partial charge in [0.15, 0.2) is 14.4 Å². The topological polar surface area (TPSA) is 76.1 Å². The van der Waals surface area contributed by atoms with Crippen molar-refractivity contribution in [3.05, 3.63) is 35.9 Å². The zero-order chi connectivity index (χ0) is 20.1. The minimum absolute atomic E-state index is 0.0588. The summed E-state index contributed by atoms with van der Waals surface area (Å²) in [4.78, 5) is 25.2. The molecule has 26 heavy (non-hydrogen) atoms. The SMILES string of the molecule is C[C@@H](O[Si](C)(C)C(C)(C)C)[C@H](C(=O)O)N(C)C(=O)OCc1ccccc1. The molecule has 6 nitrogen and oxygen atoms in total. The van der Waals surface area contributed by atoms with Gasteiger partial charge in [0, 0.05) is 7.05 Å². The quantitative estimate of drug-likeness (QED) is 0.719. The fraction of sp³-hybridized carbons (Fsp3) is 0.579. The molecule has 0 unspecified atom stereocenters. The number of carboxylic acids is 1. The van der Waals surface area contributed by atoms with E-state index in [1.165, 1.54) is 7.05 Å². The van der Waals surface area contributed by atoms with Crippen molar-refractivity contribution in [2.75, 3.05) is 7.05 Å². The van der Waals surface area contributed by atoms with Gasteiger partial charge in [-0.05, 0) is 30.6 Å². The van der Waals surface area contributed by atoms with Gasteiger partial charge in [-0.1, -0.05) is 51.1 Å². The lowest BCUT2D eigenvalue weighted by Gasteiger charge is -2.40. The van der Waals surface area contributed by atoms with E-state index in [0.29, 0.717) is 0 Å². The number of likely N-dealkylation sites (N-methyl/N-ethyl adjacent to an activating group) is 1. The first-order valence-electron chi connectivity index (χ1n) is 8.71. The Morgan fingerprint density at radius 1 is 1.19 bits per heavy atom. The molecule has 0 heterocycles. The molecule has 0 aromatic heterocycles. The molecule has 7 heteroatoms. The van der Waals surface area contributed by atoms with Crippen LogP contribution in [0.1, 0.15) is 33.3 Å². The number of hydrogen-bond acceptors (Lipinski definition) is 4. The second kappa shape index (κ2) is 8.68. The maximum atomic E-state index is 12.3. The van der Waals surface area contributed by atoms with E-state index in [1.54, 1.807) is 6.92 Å². The summed E-state index contributed by atoms with van der Waals surface area (Å²) < 4.78 is 11.4. The van der Waals surface area contributed by atoms with Crippen LogP contribution in [0.5, 0.6) is 0 Å². The number of rotatable bonds is 7. The molecular weight excluding hydrogens is 350 g/mol. The molecule has 2 atom stereocenters. The van der Waals surface area contributed by atoms with Crippen LogP contribution in [0, 0.1) is 0 Å². The van der Waals surface area contributed by atoms with Crippen LogP contribution >= 0.6 is 0 Å². The predicted octanol–water partition coefficient (Wildman–Crippen LogP) is 4.12. The molecule has 1 N–H and O–H groups in total. The smallest absolute Gasteiger partial charge is 0.410 e. The molecule has 0 aliphatic heterocycles. The Kier molecular flexibility index (Phi) is 7.41. The Morgan fingerprint density at radius 3 is 2.19 bits per heavy atom. The third kappa shape index (κ3) is 5.84. The van der Waals surface area contributed by atoms with Crippen LogP contribution in [0.4, 0.5) is 4.79 Å². The van der Waals surface area contributed by atoms with Crippen molar-refractivity contribution in [1.82, 2.24) is 4.90 Å². The third-order valence-corrected chi connectivity index (χ3v) is 9.47. The van der Waals surface area contributed by atoms with Gasteiger partial charge < -0.3 is 14.3 Å². The molecule has 1 amide bonds. The van der Waals surface area contributed by atoms with Crippen LogP contribution in [0.15, 0.2) is 30.3 Å². The minimum Gasteiger partial charge on any atom is -0.480 e. The third-order valence-electron chi connectivity index (χ3n) is 4.89. The second-order valence-corrected chi connectivity index (χ2v) is 12.8. The first-order valence-corrected chi connectivity index (χ1v) is 11.6. The average Bonchev–Trinajstić information content (AvgIpc) is 2.51. The predicted molar refractivity (Wildman–Crippen MR) is 104 cm³/mol. The van der Waals surface area contributed by atoms with Crippen molar-refractivity contribution in [2.24, 2.45) is 0 Å². The first kappa shape index (κ1) is 22.2. The van der Waals surface area contributed by atoms with Crippen molar-refractivity contribution in [3.63, 3.8) is 0 Å². The second-order valence-electron chi connectivity index (χ2n) is 8.02. The summed E-state index contributed by atoms with van der Waals surface area (Å²) in [6, 6.07) is 8.13. The standard InChI is InChI=1S/C19H31NO5Si/c1-14(25-26(6,7)19(2,3)4)16(17(21)22)20(5)18(23)24-13-15-11-9-8-10-12-15/h8-12,14,16H,13H2,1-7H3,(H,21,22)/t14-,16-/m1/s1. The zero-order valence-corrected chi connectivity index (χ0v) is 17.8. The van der Waals surface area contributed by atoms with E-state index < -0.39 is 32.5 Å². The summed E-state index contributed by atoms with van der Waals surface area (Å²) in [6.45, 7) is 12.1. The van der Waals surface area contributed by atoms with E-state index in [4.69, 9.17) is 9.16 Å². The molecular formula is C19H31NO5Si. The molecule has 0 fully saturated rings. The number of hydrogen-bond donors (Lipinski definition) is 1. The summed E-state index contributed by atoms with van der Waals surface area (Å²) in [6.07, 6.45) is -1.34. The highest BCUT2D eigenvalue weighted by molar-refractivity contribution is 6.74. The Morgan fingerprint density at radius 2 is 1.73 bits per heavy atom. The summed E-state index contributed by atoms with van der Waals surface area (Å²) in [7, 11) is -0.742. The molecule has 1 aromatic carbocycles. The van der Waals surface area contributed by atoms with Crippen molar-refractivity contribution < 1.29 is 23.9 Å². The first-order chi connectivity index (χ1) is 11.9. The van der Waals surface area contributed by atoms with Crippen molar-refractivity contribution >= 4 is 20.4 Å². The van der Waals surface area contributed by atoms with Gasteiger partial charge in [-0.2, -0.15) is 0 Å². The van der Waals surface area contributed by atoms with Gasteiger partial charge in [0.05, 0.1) is 6.10 Å². The minimum atomic E-state index is -2.17. The molecule has 0 aliphatic rings. The largest absolute Gasteiger partial charge is 0.480 e. The lowest BCUT2D eigenvalue weighted by molar-refractivity contribution is -0.145. The Labute approximate surface area is 157 Å². The van der Waals surface area contributed by atoms with Crippen LogP contribution in [0.2, 0.25) is 18.1 Å². The van der Waals surface area contributed by atoms with Crippen LogP contribution in [-0.4, -0.2) is 49.6 Å². The Bertz CT molecular complexity index is 612. The number of ether oxygens (including phenoxy) is 1. The van der Waals surface area contributed by atoms with Gasteiger partial charge in [-0.25, -0.2) is 9.59 Å². The molecule has 0 aliphatic carbocycles. The molecule has 0 spiro atoms. The summed E-state index contributed by atoms with van der Waals surface area (Å²) in [5.41, 5.74) is 0.840. The highest BCUT2D eigenvalue weighted by Gasteiger charge is 2.42. The summed E-state index contributed by atoms with van der Waals surface area (Å²) >= 11 is 0. The number of carbonyl (C=O) groups is 2. The molecule has 146 valence electrons. The maximum absolute atomic E-state index is 12.3. The molecule has 0 saturated heterocycles. The zero-order valence-electron chi connectivity index (χ0n) is 16.8. The Hall–Kier alpha value is -1.86. The van der Waals surface area contributed by atoms with Crippen molar-refractivity contribution in [2.45, 2.75) is 64.6 Å². The van der Waals surface area contributed by atoms with E-state index in [2.05, 4.69) is 33.9 Å². The van der Waals surface area contributed by atoms with Gasteiger partial charge in [-0.15, -0.1) is 0 Å². The van der Waals surface area contributed by atoms with Crippen molar-refractivity contribution in [3.8, 4) is 0 Å². The Balaban J connectivity index is 2.81. The highest BCUT2D eigenvalue weighted by atomic mass is 28.4. The number of carboxylic acid groups (broad SMARTS) is 1. The molecule has 1 aromatic rings. The van der Waals surface area contributed by atoms with E-state index in [0.717, 1.165) is 10.5 Å². The highest BCUT2D eigenvalue weighted by Crippen LogP contribution is 2.37. The van der Waals surface area contributed by atoms with E-state index in [-0.39, 0.29) is 11.6 Å². The van der Waals surface area contributed by atoms with Gasteiger partial charge >= 0.3 is 12.1 Å². The van der Waals surface area contributed by atoms with Gasteiger partial charge in [-0.3, -0.25) is 4.90 Å². The van der Waals surface area contributed by atoms with Crippen LogP contribution < -0.4 is 0 Å². The lowest BCUT2D eigenvalue weighted by Crippen LogP contribution is -2.54. The number of carbonyl (C=O) groups excluding carboxylic acids is 1. The number of aliphatic carboxylic acids is 1. The van der Waals surface area contributed by atoms with Crippen LogP contribution in [0.3, 0.4) is 0 Å². The van der Waals surface area contributed by atoms with Crippen molar-refractivity contribution in [1.29, 1.82) is 0 Å². The van der Waals surface area contributed by atoms with Gasteiger partial charge in [0.25, 0.3) is 0 Å². The van der Waals surface area contributed by atoms with Gasteiger partial charge in [0.2, 0.25) is 0 Å². The molecule has 0 radical (unpaired) electrons. The summed E-state index contributed by atoms with van der Waals surface area (Å²) in [5, 5.41) is 9.58. The molecule has 0 saturated carbocycles. The summed E-state index contributed by atoms with van der Waals surface area (Å²) in [5.74, 6) is -1.12. The number of benzene rings is 1. The van der Waals surface area contributed by atoms with Crippen LogP contribution in [-0.2, 0) is 20.6 Å². The molecule has 0 bridgehead atoms. The van der Waals surface area contributed by atoms with Crippen LogP contribution in [0.25, 0.3) is 0 Å². The lowest BCUT2D eigenvalue weighted by atomic mass is 10.1. The monoisotopic (exact) mass is 381 g/mol. The maximum Gasteiger partial charge on any atom is 0.410 e. The number of nitrogens with zero attached hydrogens (tertiary/aromatic N) is 1. The molecule has 1 rings (SSSR count). The van der Waals surface area contributed by atoms with E-state index in [1.807, 2.05) is 30.3 Å². The van der Waals surface area contributed by atoms with E-state index >= 15 is 0 Å².